The number of aryl methyl sites for hydroxylation is 1. The van der Waals surface area contributed by atoms with E-state index >= 15 is 0 Å². The first-order valence-corrected chi connectivity index (χ1v) is 10.8. The highest BCUT2D eigenvalue weighted by Gasteiger charge is 2.20. The number of amides is 1. The minimum absolute atomic E-state index is 0.0131. The third-order valence-corrected chi connectivity index (χ3v) is 6.20. The van der Waals surface area contributed by atoms with Crippen LogP contribution < -0.4 is 4.90 Å². The fourth-order valence-corrected chi connectivity index (χ4v) is 4.33. The van der Waals surface area contributed by atoms with Crippen LogP contribution in [0.2, 0.25) is 0 Å². The number of hydrogen-bond donors (Lipinski definition) is 0. The van der Waals surface area contributed by atoms with Gasteiger partial charge in [-0.1, -0.05) is 60.7 Å². The highest BCUT2D eigenvalue weighted by atomic mass is 32.2. The summed E-state index contributed by atoms with van der Waals surface area (Å²) in [6.07, 6.45) is 1.20. The Kier molecular flexibility index (Phi) is 5.91. The van der Waals surface area contributed by atoms with Crippen LogP contribution in [0.3, 0.4) is 0 Å². The van der Waals surface area contributed by atoms with Crippen molar-refractivity contribution in [3.05, 3.63) is 78.4 Å². The van der Waals surface area contributed by atoms with E-state index in [9.17, 15) is 13.2 Å². The van der Waals surface area contributed by atoms with Crippen molar-refractivity contribution in [2.24, 2.45) is 0 Å². The average Bonchev–Trinajstić information content (AvgIpc) is 2.67. The van der Waals surface area contributed by atoms with Gasteiger partial charge in [0.15, 0.2) is 9.84 Å². The fourth-order valence-electron chi connectivity index (χ4n) is 3.03. The smallest absolute Gasteiger partial charge is 0.241 e. The van der Waals surface area contributed by atoms with Crippen LogP contribution in [-0.4, -0.2) is 32.9 Å². The molecule has 3 aromatic rings. The van der Waals surface area contributed by atoms with Crippen LogP contribution in [0.5, 0.6) is 0 Å². The highest BCUT2D eigenvalue weighted by Crippen LogP contribution is 2.21. The van der Waals surface area contributed by atoms with Crippen molar-refractivity contribution in [1.29, 1.82) is 0 Å². The topological polar surface area (TPSA) is 54.5 Å². The highest BCUT2D eigenvalue weighted by molar-refractivity contribution is 7.92. The first-order chi connectivity index (χ1) is 12.9. The number of sulfone groups is 1. The Bertz CT molecular complexity index is 1030. The Hall–Kier alpha value is -2.66. The Labute approximate surface area is 160 Å². The van der Waals surface area contributed by atoms with Gasteiger partial charge < -0.3 is 4.90 Å². The molecule has 0 unspecified atom stereocenters. The van der Waals surface area contributed by atoms with E-state index in [1.807, 2.05) is 72.8 Å². The molecule has 0 atom stereocenters. The Balaban J connectivity index is 1.60. The van der Waals surface area contributed by atoms with Gasteiger partial charge in [-0.2, -0.15) is 0 Å². The second-order valence-corrected chi connectivity index (χ2v) is 8.85. The second-order valence-electron chi connectivity index (χ2n) is 6.67. The van der Waals surface area contributed by atoms with E-state index in [2.05, 4.69) is 0 Å². The standard InChI is InChI=1S/C22H23NO3S/c1-23(21-14-13-19-11-5-6-12-20(19)16-21)22(24)17-27(25,26)15-7-10-18-8-3-2-4-9-18/h2-6,8-9,11-14,16H,7,10,15,17H2,1H3. The van der Waals surface area contributed by atoms with Gasteiger partial charge in [-0.05, 0) is 41.3 Å². The van der Waals surface area contributed by atoms with Gasteiger partial charge in [0.25, 0.3) is 0 Å². The van der Waals surface area contributed by atoms with Crippen LogP contribution in [0.15, 0.2) is 72.8 Å². The average molecular weight is 381 g/mol. The maximum atomic E-state index is 12.5. The van der Waals surface area contributed by atoms with E-state index in [4.69, 9.17) is 0 Å². The zero-order valence-electron chi connectivity index (χ0n) is 15.3. The summed E-state index contributed by atoms with van der Waals surface area (Å²) in [5, 5.41) is 2.09. The van der Waals surface area contributed by atoms with Crippen molar-refractivity contribution in [1.82, 2.24) is 0 Å². The molecule has 5 heteroatoms. The Morgan fingerprint density at radius 2 is 1.56 bits per heavy atom. The summed E-state index contributed by atoms with van der Waals surface area (Å²) in [5.41, 5.74) is 1.80. The lowest BCUT2D eigenvalue weighted by atomic mass is 10.1. The van der Waals surface area contributed by atoms with Crippen LogP contribution in [0.25, 0.3) is 10.8 Å². The van der Waals surface area contributed by atoms with Crippen molar-refractivity contribution in [2.45, 2.75) is 12.8 Å². The molecule has 0 aliphatic rings. The summed E-state index contributed by atoms with van der Waals surface area (Å²) in [4.78, 5) is 13.9. The SMILES string of the molecule is CN(C(=O)CS(=O)(=O)CCCc1ccccc1)c1ccc2ccccc2c1. The van der Waals surface area contributed by atoms with Gasteiger partial charge in [0.1, 0.15) is 5.75 Å². The van der Waals surface area contributed by atoms with Crippen molar-refractivity contribution in [2.75, 3.05) is 23.5 Å². The van der Waals surface area contributed by atoms with Gasteiger partial charge in [0.2, 0.25) is 5.91 Å². The first-order valence-electron chi connectivity index (χ1n) is 8.94. The maximum Gasteiger partial charge on any atom is 0.241 e. The van der Waals surface area contributed by atoms with Gasteiger partial charge in [-0.3, -0.25) is 4.79 Å². The van der Waals surface area contributed by atoms with E-state index in [1.165, 1.54) is 4.90 Å². The van der Waals surface area contributed by atoms with Gasteiger partial charge in [0.05, 0.1) is 5.75 Å². The lowest BCUT2D eigenvalue weighted by molar-refractivity contribution is -0.115. The van der Waals surface area contributed by atoms with Crippen LogP contribution in [-0.2, 0) is 21.1 Å². The van der Waals surface area contributed by atoms with Crippen molar-refractivity contribution < 1.29 is 13.2 Å². The fraction of sp³-hybridized carbons (Fsp3) is 0.227. The van der Waals surface area contributed by atoms with Gasteiger partial charge >= 0.3 is 0 Å². The predicted octanol–water partition coefficient (Wildman–Crippen LogP) is 3.85. The third kappa shape index (κ3) is 5.17. The number of carbonyl (C=O) groups is 1. The molecule has 4 nitrogen and oxygen atoms in total. The van der Waals surface area contributed by atoms with E-state index in [-0.39, 0.29) is 5.75 Å². The number of anilines is 1. The van der Waals surface area contributed by atoms with E-state index in [0.717, 1.165) is 16.3 Å². The summed E-state index contributed by atoms with van der Waals surface area (Å²) in [5.74, 6) is -0.866. The molecule has 0 spiro atoms. The molecular formula is C22H23NO3S. The zero-order chi connectivity index (χ0) is 19.3. The summed E-state index contributed by atoms with van der Waals surface area (Å²) >= 11 is 0. The molecule has 0 N–H and O–H groups in total. The molecule has 3 aromatic carbocycles. The molecule has 0 aromatic heterocycles. The van der Waals surface area contributed by atoms with E-state index in [0.29, 0.717) is 18.5 Å². The lowest BCUT2D eigenvalue weighted by Crippen LogP contribution is -2.33. The zero-order valence-corrected chi connectivity index (χ0v) is 16.2. The van der Waals surface area contributed by atoms with Crippen molar-refractivity contribution in [3.8, 4) is 0 Å². The number of hydrogen-bond acceptors (Lipinski definition) is 3. The van der Waals surface area contributed by atoms with E-state index in [1.54, 1.807) is 7.05 Å². The number of rotatable bonds is 7. The number of fused-ring (bicyclic) bond motifs is 1. The molecule has 1 amide bonds. The molecule has 0 saturated carbocycles. The molecular weight excluding hydrogens is 358 g/mol. The van der Waals surface area contributed by atoms with Crippen LogP contribution in [0.1, 0.15) is 12.0 Å². The Morgan fingerprint density at radius 1 is 0.889 bits per heavy atom. The normalized spacial score (nSPS) is 11.4. The van der Waals surface area contributed by atoms with Crippen LogP contribution in [0, 0.1) is 0 Å². The summed E-state index contributed by atoms with van der Waals surface area (Å²) < 4.78 is 24.7. The summed E-state index contributed by atoms with van der Waals surface area (Å²) in [6, 6.07) is 23.3. The predicted molar refractivity (Wildman–Crippen MR) is 111 cm³/mol. The number of nitrogens with zero attached hydrogens (tertiary/aromatic N) is 1. The molecule has 27 heavy (non-hydrogen) atoms. The third-order valence-electron chi connectivity index (χ3n) is 4.60. The molecule has 3 rings (SSSR count). The molecule has 0 bridgehead atoms. The first kappa shape index (κ1) is 19.1. The largest absolute Gasteiger partial charge is 0.315 e. The molecule has 0 radical (unpaired) electrons. The minimum Gasteiger partial charge on any atom is -0.315 e. The molecule has 0 aliphatic carbocycles. The number of carbonyl (C=O) groups excluding carboxylic acids is 1. The van der Waals surface area contributed by atoms with Crippen LogP contribution >= 0.6 is 0 Å². The van der Waals surface area contributed by atoms with Crippen LogP contribution in [0.4, 0.5) is 5.69 Å². The molecule has 140 valence electrons. The molecule has 0 fully saturated rings. The van der Waals surface area contributed by atoms with Gasteiger partial charge in [-0.15, -0.1) is 0 Å². The molecule has 0 saturated heterocycles. The van der Waals surface area contributed by atoms with Crippen molar-refractivity contribution >= 4 is 32.2 Å². The lowest BCUT2D eigenvalue weighted by Gasteiger charge is -2.18. The monoisotopic (exact) mass is 381 g/mol. The summed E-state index contributed by atoms with van der Waals surface area (Å²) in [6.45, 7) is 0. The maximum absolute atomic E-state index is 12.5. The molecule has 0 aliphatic heterocycles. The quantitative estimate of drug-likeness (QED) is 0.625. The summed E-state index contributed by atoms with van der Waals surface area (Å²) in [7, 11) is -1.82. The van der Waals surface area contributed by atoms with Gasteiger partial charge in [-0.25, -0.2) is 8.42 Å². The molecule has 0 heterocycles. The Morgan fingerprint density at radius 3 is 2.30 bits per heavy atom. The van der Waals surface area contributed by atoms with E-state index < -0.39 is 21.5 Å². The van der Waals surface area contributed by atoms with Gasteiger partial charge in [0, 0.05) is 12.7 Å². The minimum atomic E-state index is -3.44. The second kappa shape index (κ2) is 8.35. The number of benzene rings is 3. The van der Waals surface area contributed by atoms with Crippen molar-refractivity contribution in [3.63, 3.8) is 0 Å².